The Morgan fingerprint density at radius 3 is 2.60 bits per heavy atom. The summed E-state index contributed by atoms with van der Waals surface area (Å²) >= 11 is 1.34. The van der Waals surface area contributed by atoms with E-state index in [2.05, 4.69) is 18.6 Å². The van der Waals surface area contributed by atoms with E-state index < -0.39 is 16.1 Å². The van der Waals surface area contributed by atoms with Crippen LogP contribution < -0.4 is 14.2 Å². The highest BCUT2D eigenvalue weighted by molar-refractivity contribution is 7.93. The number of aromatic nitrogens is 1. The van der Waals surface area contributed by atoms with E-state index in [4.69, 9.17) is 14.5 Å². The van der Waals surface area contributed by atoms with Gasteiger partial charge in [0.15, 0.2) is 5.13 Å². The second kappa shape index (κ2) is 12.1. The number of benzene rings is 2. The van der Waals surface area contributed by atoms with Crippen LogP contribution in [0.2, 0.25) is 0 Å². The molecule has 232 valence electrons. The lowest BCUT2D eigenvalue weighted by atomic mass is 9.53. The molecule has 1 aromatic heterocycles. The molecule has 0 aliphatic heterocycles. The van der Waals surface area contributed by atoms with E-state index in [1.807, 2.05) is 44.3 Å². The molecule has 2 N–H and O–H groups in total. The number of thiazole rings is 1. The van der Waals surface area contributed by atoms with Crippen molar-refractivity contribution in [3.05, 3.63) is 64.7 Å². The molecule has 11 heteroatoms. The molecule has 0 saturated heterocycles. The number of nitrogens with one attached hydrogen (secondary N) is 1. The van der Waals surface area contributed by atoms with Crippen LogP contribution in [0, 0.1) is 23.2 Å². The van der Waals surface area contributed by atoms with Crippen LogP contribution in [0.25, 0.3) is 0 Å². The maximum atomic E-state index is 13.5. The third-order valence-electron chi connectivity index (χ3n) is 9.47. The molecule has 2 aromatic carbocycles. The van der Waals surface area contributed by atoms with E-state index in [0.717, 1.165) is 29.0 Å². The summed E-state index contributed by atoms with van der Waals surface area (Å²) in [5, 5.41) is 12.1. The van der Waals surface area contributed by atoms with E-state index >= 15 is 0 Å². The molecular weight excluding hydrogens is 587 g/mol. The van der Waals surface area contributed by atoms with Crippen LogP contribution >= 0.6 is 11.3 Å². The number of hydrogen-bond donors (Lipinski definition) is 2. The molecule has 43 heavy (non-hydrogen) atoms. The third kappa shape index (κ3) is 5.99. The van der Waals surface area contributed by atoms with Gasteiger partial charge in [0.05, 0.1) is 26.0 Å². The predicted molar refractivity (Wildman–Crippen MR) is 167 cm³/mol. The number of rotatable bonds is 9. The van der Waals surface area contributed by atoms with E-state index in [0.29, 0.717) is 18.7 Å². The van der Waals surface area contributed by atoms with Crippen LogP contribution in [0.1, 0.15) is 55.7 Å². The van der Waals surface area contributed by atoms with Gasteiger partial charge in [-0.25, -0.2) is 13.4 Å². The zero-order valence-electron chi connectivity index (χ0n) is 25.5. The van der Waals surface area contributed by atoms with Gasteiger partial charge in [0, 0.05) is 36.4 Å². The smallest absolute Gasteiger partial charge is 0.267 e. The van der Waals surface area contributed by atoms with Crippen molar-refractivity contribution in [3.8, 4) is 11.5 Å². The van der Waals surface area contributed by atoms with Gasteiger partial charge in [0.25, 0.3) is 10.0 Å². The molecule has 0 spiro atoms. The Bertz CT molecular complexity index is 1580. The monoisotopic (exact) mass is 627 g/mol. The molecule has 1 heterocycles. The second-order valence-corrected chi connectivity index (χ2v) is 15.0. The van der Waals surface area contributed by atoms with Crippen LogP contribution in [0.4, 0.5) is 5.13 Å². The van der Waals surface area contributed by atoms with Gasteiger partial charge in [-0.15, -0.1) is 11.3 Å². The number of aliphatic hydroxyl groups is 1. The molecule has 6 unspecified atom stereocenters. The molecule has 0 bridgehead atoms. The van der Waals surface area contributed by atoms with E-state index in [1.165, 1.54) is 31.6 Å². The zero-order chi connectivity index (χ0) is 31.1. The summed E-state index contributed by atoms with van der Waals surface area (Å²) in [7, 11) is 0.693. The molecule has 3 aromatic rings. The highest BCUT2D eigenvalue weighted by Crippen LogP contribution is 2.57. The Labute approximate surface area is 258 Å². The van der Waals surface area contributed by atoms with E-state index in [1.54, 1.807) is 17.0 Å². The average molecular weight is 628 g/mol. The fourth-order valence-corrected chi connectivity index (χ4v) is 9.90. The van der Waals surface area contributed by atoms with Crippen molar-refractivity contribution in [2.45, 2.75) is 63.5 Å². The van der Waals surface area contributed by atoms with Crippen molar-refractivity contribution < 1.29 is 27.8 Å². The second-order valence-electron chi connectivity index (χ2n) is 12.3. The number of nitrogens with zero attached hydrogens (tertiary/aromatic N) is 2. The van der Waals surface area contributed by atoms with Gasteiger partial charge in [-0.05, 0) is 54.2 Å². The number of amides is 1. The van der Waals surface area contributed by atoms with Gasteiger partial charge >= 0.3 is 0 Å². The van der Waals surface area contributed by atoms with Gasteiger partial charge in [0.2, 0.25) is 5.91 Å². The third-order valence-corrected chi connectivity index (χ3v) is 12.0. The minimum absolute atomic E-state index is 0.0268. The van der Waals surface area contributed by atoms with Crippen molar-refractivity contribution in [2.75, 3.05) is 26.0 Å². The summed E-state index contributed by atoms with van der Waals surface area (Å²) in [4.78, 5) is 21.0. The zero-order valence-corrected chi connectivity index (χ0v) is 27.2. The summed E-state index contributed by atoms with van der Waals surface area (Å²) in [6.45, 7) is 6.72. The molecule has 1 fully saturated rings. The van der Waals surface area contributed by atoms with Crippen LogP contribution in [-0.2, 0) is 27.8 Å². The first-order valence-corrected chi connectivity index (χ1v) is 16.9. The maximum absolute atomic E-state index is 13.5. The van der Waals surface area contributed by atoms with Crippen LogP contribution in [0.15, 0.2) is 53.4 Å². The number of carbonyl (C=O) groups excluding carboxylic acids is 1. The van der Waals surface area contributed by atoms with E-state index in [9.17, 15) is 18.3 Å². The normalized spacial score (nSPS) is 25.7. The molecule has 1 amide bonds. The fraction of sp³-hybridized carbons (Fsp3) is 0.500. The van der Waals surface area contributed by atoms with Crippen molar-refractivity contribution in [2.24, 2.45) is 23.2 Å². The molecule has 0 radical (unpaired) electrons. The standard InChI is InChI=1S/C32H41N3O6S2/c1-19(30(37)35(4)18-21-10-8-7-9-11-21)23-14-15-32(3)17-25-28(20(2)27(32)29(23)36)33-31(42-25)34-43(38,39)26-16-22(40-5)12-13-24(26)41-6/h7-13,16,19-20,23,27,29,36H,14-15,17-18H2,1-6H3,(H,33,34). The Kier molecular flexibility index (Phi) is 8.79. The summed E-state index contributed by atoms with van der Waals surface area (Å²) in [5.41, 5.74) is 1.68. The number of hydrogen-bond acceptors (Lipinski definition) is 8. The molecule has 6 atom stereocenters. The Balaban J connectivity index is 1.35. The number of anilines is 1. The lowest BCUT2D eigenvalue weighted by Crippen LogP contribution is -2.53. The number of fused-ring (bicyclic) bond motifs is 2. The topological polar surface area (TPSA) is 118 Å². The van der Waals surface area contributed by atoms with Crippen molar-refractivity contribution in [3.63, 3.8) is 0 Å². The van der Waals surface area contributed by atoms with Crippen molar-refractivity contribution >= 4 is 32.4 Å². The molecule has 5 rings (SSSR count). The van der Waals surface area contributed by atoms with Crippen molar-refractivity contribution in [1.82, 2.24) is 9.88 Å². The number of ether oxygens (including phenoxy) is 2. The van der Waals surface area contributed by atoms with Gasteiger partial charge in [0.1, 0.15) is 16.4 Å². The molecular formula is C32H41N3O6S2. The van der Waals surface area contributed by atoms with Crippen LogP contribution in [0.5, 0.6) is 11.5 Å². The average Bonchev–Trinajstić information content (AvgIpc) is 3.37. The summed E-state index contributed by atoms with van der Waals surface area (Å²) < 4.78 is 40.0. The minimum atomic E-state index is -4.02. The predicted octanol–water partition coefficient (Wildman–Crippen LogP) is 5.31. The molecule has 2 aliphatic carbocycles. The quantitative estimate of drug-likeness (QED) is 0.330. The molecule has 2 aliphatic rings. The first-order chi connectivity index (χ1) is 20.4. The number of aliphatic hydroxyl groups excluding tert-OH is 1. The van der Waals surface area contributed by atoms with Crippen LogP contribution in [-0.4, -0.2) is 56.7 Å². The van der Waals surface area contributed by atoms with E-state index in [-0.39, 0.29) is 50.8 Å². The van der Waals surface area contributed by atoms with Gasteiger partial charge in [-0.1, -0.05) is 51.1 Å². The highest BCUT2D eigenvalue weighted by atomic mass is 32.2. The van der Waals surface area contributed by atoms with Gasteiger partial charge in [-0.2, -0.15) is 0 Å². The first kappa shape index (κ1) is 31.3. The first-order valence-electron chi connectivity index (χ1n) is 14.6. The Morgan fingerprint density at radius 2 is 1.93 bits per heavy atom. The highest BCUT2D eigenvalue weighted by Gasteiger charge is 2.54. The largest absolute Gasteiger partial charge is 0.497 e. The van der Waals surface area contributed by atoms with Crippen LogP contribution in [0.3, 0.4) is 0 Å². The Morgan fingerprint density at radius 1 is 1.21 bits per heavy atom. The Hall–Kier alpha value is -3.15. The lowest BCUT2D eigenvalue weighted by Gasteiger charge is -2.53. The van der Waals surface area contributed by atoms with Crippen molar-refractivity contribution in [1.29, 1.82) is 0 Å². The molecule has 1 saturated carbocycles. The lowest BCUT2D eigenvalue weighted by molar-refractivity contribution is -0.144. The SMILES string of the molecule is COc1ccc(OC)c(S(=O)(=O)Nc2nc3c(s2)CC2(C)CCC(C(C)C(=O)N(C)Cc4ccccc4)C(O)C2C3C)c1. The molecule has 9 nitrogen and oxygen atoms in total. The summed E-state index contributed by atoms with van der Waals surface area (Å²) in [6.07, 6.45) is 1.62. The number of methoxy groups -OCH3 is 2. The minimum Gasteiger partial charge on any atom is -0.497 e. The fourth-order valence-electron chi connectivity index (χ4n) is 7.22. The number of carbonyl (C=O) groups is 1. The van der Waals surface area contributed by atoms with Gasteiger partial charge in [-0.3, -0.25) is 9.52 Å². The van der Waals surface area contributed by atoms with Gasteiger partial charge < -0.3 is 19.5 Å². The summed E-state index contributed by atoms with van der Waals surface area (Å²) in [6, 6.07) is 14.5. The summed E-state index contributed by atoms with van der Waals surface area (Å²) in [5.74, 6) is -0.113. The number of sulfonamides is 1. The maximum Gasteiger partial charge on any atom is 0.267 e.